The molecule has 0 radical (unpaired) electrons. The number of nitrogens with two attached hydrogens (primary N) is 1. The fourth-order valence-corrected chi connectivity index (χ4v) is 2.69. The molecule has 11 heteroatoms. The van der Waals surface area contributed by atoms with Crippen molar-refractivity contribution in [3.8, 4) is 17.5 Å². The van der Waals surface area contributed by atoms with Crippen LogP contribution >= 0.6 is 0 Å². The third-order valence-electron chi connectivity index (χ3n) is 3.22. The molecule has 2 N–H and O–H groups in total. The molecule has 2 heterocycles. The number of aromatic nitrogens is 3. The number of hydrogen-bond acceptors (Lipinski definition) is 9. The molecule has 2 aromatic heterocycles. The van der Waals surface area contributed by atoms with Crippen molar-refractivity contribution in [2.75, 3.05) is 5.73 Å². The van der Waals surface area contributed by atoms with Gasteiger partial charge in [0.05, 0.1) is 0 Å². The monoisotopic (exact) mass is 366 g/mol. The van der Waals surface area contributed by atoms with Crippen LogP contribution in [0.1, 0.15) is 16.9 Å². The van der Waals surface area contributed by atoms with E-state index in [9.17, 15) is 9.00 Å². The van der Waals surface area contributed by atoms with Crippen LogP contribution in [0.15, 0.2) is 32.0 Å². The van der Waals surface area contributed by atoms with E-state index in [1.54, 1.807) is 6.07 Å². The van der Waals surface area contributed by atoms with Gasteiger partial charge in [0.1, 0.15) is 5.75 Å². The van der Waals surface area contributed by atoms with Crippen molar-refractivity contribution < 1.29 is 22.2 Å². The average Bonchev–Trinajstić information content (AvgIpc) is 3.08. The molecule has 1 atom stereocenters. The SMILES string of the molecule is Cc1ccc(C)c(Oc2noc(=O)n2S(=O)Oc2c(N)noc2C)c1. The summed E-state index contributed by atoms with van der Waals surface area (Å²) in [4.78, 5) is 11.8. The highest BCUT2D eigenvalue weighted by molar-refractivity contribution is 7.79. The predicted molar refractivity (Wildman–Crippen MR) is 86.6 cm³/mol. The zero-order chi connectivity index (χ0) is 18.1. The van der Waals surface area contributed by atoms with Crippen LogP contribution in [-0.4, -0.2) is 18.5 Å². The molecule has 1 unspecified atom stereocenters. The molecule has 0 spiro atoms. The van der Waals surface area contributed by atoms with Crippen molar-refractivity contribution in [3.05, 3.63) is 45.6 Å². The molecule has 25 heavy (non-hydrogen) atoms. The molecular formula is C14H14N4O6S. The van der Waals surface area contributed by atoms with E-state index in [0.717, 1.165) is 11.1 Å². The first kappa shape index (κ1) is 16.8. The normalized spacial score (nSPS) is 12.1. The molecule has 1 aromatic carbocycles. The van der Waals surface area contributed by atoms with Crippen molar-refractivity contribution in [2.45, 2.75) is 20.8 Å². The summed E-state index contributed by atoms with van der Waals surface area (Å²) in [5.41, 5.74) is 7.28. The number of ether oxygens (including phenoxy) is 1. The van der Waals surface area contributed by atoms with E-state index in [0.29, 0.717) is 9.72 Å². The summed E-state index contributed by atoms with van der Waals surface area (Å²) in [6.07, 6.45) is 0. The lowest BCUT2D eigenvalue weighted by molar-refractivity contribution is 0.350. The molecule has 0 saturated heterocycles. The molecular weight excluding hydrogens is 352 g/mol. The van der Waals surface area contributed by atoms with Crippen LogP contribution in [0.4, 0.5) is 5.82 Å². The van der Waals surface area contributed by atoms with E-state index in [1.165, 1.54) is 6.92 Å². The molecule has 0 bridgehead atoms. The van der Waals surface area contributed by atoms with Crippen LogP contribution in [0.2, 0.25) is 0 Å². The Morgan fingerprint density at radius 2 is 1.96 bits per heavy atom. The number of benzene rings is 1. The lowest BCUT2D eigenvalue weighted by Crippen LogP contribution is -2.23. The molecule has 10 nitrogen and oxygen atoms in total. The van der Waals surface area contributed by atoms with Gasteiger partial charge in [-0.15, -0.1) is 3.97 Å². The molecule has 0 aliphatic heterocycles. The van der Waals surface area contributed by atoms with Crippen LogP contribution < -0.4 is 20.4 Å². The Bertz CT molecular complexity index is 986. The van der Waals surface area contributed by atoms with Crippen molar-refractivity contribution >= 4 is 17.1 Å². The molecule has 3 rings (SSSR count). The van der Waals surface area contributed by atoms with E-state index >= 15 is 0 Å². The minimum absolute atomic E-state index is 0.0517. The van der Waals surface area contributed by atoms with Gasteiger partial charge < -0.3 is 19.2 Å². The number of hydrogen-bond donors (Lipinski definition) is 1. The standard InChI is InChI=1S/C14H14N4O6S/c1-7-4-5-8(2)10(6-7)21-13-17-23-14(19)18(13)25(20)24-11-9(3)22-16-12(11)15/h4-6H,1-3H3,(H2,15,16). The summed E-state index contributed by atoms with van der Waals surface area (Å²) < 4.78 is 33.1. The van der Waals surface area contributed by atoms with Gasteiger partial charge in [-0.1, -0.05) is 17.3 Å². The van der Waals surface area contributed by atoms with Gasteiger partial charge in [-0.05, 0) is 36.2 Å². The Morgan fingerprint density at radius 3 is 2.64 bits per heavy atom. The van der Waals surface area contributed by atoms with Crippen molar-refractivity contribution in [3.63, 3.8) is 0 Å². The smallest absolute Gasteiger partial charge is 0.422 e. The highest BCUT2D eigenvalue weighted by Crippen LogP contribution is 2.28. The fraction of sp³-hybridized carbons (Fsp3) is 0.214. The van der Waals surface area contributed by atoms with Gasteiger partial charge in [0, 0.05) is 6.92 Å². The Kier molecular flexibility index (Phi) is 4.31. The Balaban J connectivity index is 1.93. The second-order valence-electron chi connectivity index (χ2n) is 5.15. The van der Waals surface area contributed by atoms with E-state index < -0.39 is 17.0 Å². The fourth-order valence-electron chi connectivity index (χ4n) is 1.92. The third kappa shape index (κ3) is 3.26. The first-order valence-electron chi connectivity index (χ1n) is 7.03. The molecule has 0 amide bonds. The van der Waals surface area contributed by atoms with Crippen molar-refractivity contribution in [2.24, 2.45) is 0 Å². The van der Waals surface area contributed by atoms with Gasteiger partial charge in [-0.2, -0.15) is 4.21 Å². The van der Waals surface area contributed by atoms with Crippen LogP contribution in [0.3, 0.4) is 0 Å². The maximum Gasteiger partial charge on any atom is 0.459 e. The van der Waals surface area contributed by atoms with E-state index in [2.05, 4.69) is 14.8 Å². The molecule has 0 aliphatic rings. The summed E-state index contributed by atoms with van der Waals surface area (Å²) in [5, 5.41) is 6.96. The van der Waals surface area contributed by atoms with Crippen LogP contribution in [-0.2, 0) is 11.3 Å². The molecule has 0 aliphatic carbocycles. The first-order chi connectivity index (χ1) is 11.9. The van der Waals surface area contributed by atoms with Gasteiger partial charge in [-0.3, -0.25) is 4.52 Å². The molecule has 3 aromatic rings. The van der Waals surface area contributed by atoms with Crippen molar-refractivity contribution in [1.82, 2.24) is 14.3 Å². The minimum Gasteiger partial charge on any atom is -0.422 e. The largest absolute Gasteiger partial charge is 0.459 e. The highest BCUT2D eigenvalue weighted by atomic mass is 32.2. The Hall–Kier alpha value is -3.08. The summed E-state index contributed by atoms with van der Waals surface area (Å²) in [7, 11) is 0. The summed E-state index contributed by atoms with van der Waals surface area (Å²) in [5.74, 6) is -0.546. The van der Waals surface area contributed by atoms with Gasteiger partial charge in [0.25, 0.3) is 0 Å². The third-order valence-corrected chi connectivity index (χ3v) is 4.14. The summed E-state index contributed by atoms with van der Waals surface area (Å²) in [6, 6.07) is 5.15. The van der Waals surface area contributed by atoms with Gasteiger partial charge in [0.2, 0.25) is 11.6 Å². The molecule has 0 fully saturated rings. The van der Waals surface area contributed by atoms with E-state index in [1.807, 2.05) is 26.0 Å². The summed E-state index contributed by atoms with van der Waals surface area (Å²) in [6.45, 7) is 5.20. The van der Waals surface area contributed by atoms with Crippen LogP contribution in [0.25, 0.3) is 0 Å². The van der Waals surface area contributed by atoms with Crippen LogP contribution in [0, 0.1) is 20.8 Å². The lowest BCUT2D eigenvalue weighted by Gasteiger charge is -2.08. The number of nitrogen functional groups attached to an aromatic ring is 1. The number of aryl methyl sites for hydroxylation is 3. The maximum atomic E-state index is 12.4. The topological polar surface area (TPSA) is 136 Å². The second kappa shape index (κ2) is 6.43. The predicted octanol–water partition coefficient (Wildman–Crippen LogP) is 1.63. The molecule has 0 saturated carbocycles. The minimum atomic E-state index is -2.37. The number of nitrogens with zero attached hydrogens (tertiary/aromatic N) is 3. The quantitative estimate of drug-likeness (QED) is 0.714. The lowest BCUT2D eigenvalue weighted by atomic mass is 10.1. The molecule has 132 valence electrons. The van der Waals surface area contributed by atoms with Gasteiger partial charge in [-0.25, -0.2) is 4.79 Å². The number of anilines is 1. The van der Waals surface area contributed by atoms with Crippen LogP contribution in [0.5, 0.6) is 17.5 Å². The summed E-state index contributed by atoms with van der Waals surface area (Å²) >= 11 is -2.37. The van der Waals surface area contributed by atoms with E-state index in [-0.39, 0.29) is 23.3 Å². The second-order valence-corrected chi connectivity index (χ2v) is 6.12. The highest BCUT2D eigenvalue weighted by Gasteiger charge is 2.24. The van der Waals surface area contributed by atoms with E-state index in [4.69, 9.17) is 19.2 Å². The van der Waals surface area contributed by atoms with Gasteiger partial charge >= 0.3 is 23.0 Å². The first-order valence-corrected chi connectivity index (χ1v) is 8.06. The maximum absolute atomic E-state index is 12.4. The zero-order valence-electron chi connectivity index (χ0n) is 13.5. The average molecular weight is 366 g/mol. The Labute approximate surface area is 143 Å². The van der Waals surface area contributed by atoms with Gasteiger partial charge in [0.15, 0.2) is 5.76 Å². The Morgan fingerprint density at radius 1 is 1.20 bits per heavy atom. The van der Waals surface area contributed by atoms with Crippen molar-refractivity contribution in [1.29, 1.82) is 0 Å². The number of rotatable bonds is 5. The zero-order valence-corrected chi connectivity index (χ0v) is 14.3.